The van der Waals surface area contributed by atoms with Gasteiger partial charge in [-0.05, 0) is 37.5 Å². The average Bonchev–Trinajstić information content (AvgIpc) is 2.75. The third-order valence-electron chi connectivity index (χ3n) is 5.16. The molecule has 27 heavy (non-hydrogen) atoms. The number of amides is 1. The number of pyridine rings is 1. The summed E-state index contributed by atoms with van der Waals surface area (Å²) >= 11 is 0. The minimum absolute atomic E-state index is 0.0762. The Hall–Kier alpha value is -2.60. The molecule has 0 spiro atoms. The lowest BCUT2D eigenvalue weighted by Crippen LogP contribution is -2.36. The zero-order chi connectivity index (χ0) is 18.5. The highest BCUT2D eigenvalue weighted by atomic mass is 16.5. The van der Waals surface area contributed by atoms with Crippen molar-refractivity contribution >= 4 is 23.0 Å². The lowest BCUT2D eigenvalue weighted by molar-refractivity contribution is 0.0724. The monoisotopic (exact) mass is 366 g/mol. The molecule has 142 valence electrons. The molecule has 2 saturated heterocycles. The fraction of sp³-hybridized carbons (Fsp3) is 0.429. The summed E-state index contributed by atoms with van der Waals surface area (Å²) in [6, 6.07) is 10.1. The fourth-order valence-electron chi connectivity index (χ4n) is 3.72. The third-order valence-corrected chi connectivity index (χ3v) is 5.16. The third kappa shape index (κ3) is 4.22. The number of hydrogen-bond acceptors (Lipinski definition) is 5. The normalized spacial score (nSPS) is 17.6. The number of carbonyl (C=O) groups excluding carboxylic acids is 1. The Balaban J connectivity index is 1.52. The van der Waals surface area contributed by atoms with Crippen LogP contribution in [0.2, 0.25) is 0 Å². The van der Waals surface area contributed by atoms with Crippen LogP contribution in [0.4, 0.5) is 17.1 Å². The number of nitrogens with zero attached hydrogens (tertiary/aromatic N) is 3. The summed E-state index contributed by atoms with van der Waals surface area (Å²) in [6.07, 6.45) is 6.81. The Morgan fingerprint density at radius 3 is 2.59 bits per heavy atom. The number of rotatable bonds is 4. The van der Waals surface area contributed by atoms with E-state index in [2.05, 4.69) is 27.3 Å². The second kappa shape index (κ2) is 8.39. The van der Waals surface area contributed by atoms with Gasteiger partial charge in [-0.15, -0.1) is 0 Å². The smallest absolute Gasteiger partial charge is 0.255 e. The lowest BCUT2D eigenvalue weighted by atomic mass is 10.1. The summed E-state index contributed by atoms with van der Waals surface area (Å²) in [7, 11) is 0. The SMILES string of the molecule is O=C(c1cncc(Nc2ccccc2N2CCOCC2)c1)N1CCCCC1. The van der Waals surface area contributed by atoms with Crippen LogP contribution in [0.15, 0.2) is 42.7 Å². The van der Waals surface area contributed by atoms with Crippen LogP contribution >= 0.6 is 0 Å². The second-order valence-electron chi connectivity index (χ2n) is 7.06. The Morgan fingerprint density at radius 2 is 1.78 bits per heavy atom. The van der Waals surface area contributed by atoms with Gasteiger partial charge in [0.1, 0.15) is 0 Å². The van der Waals surface area contributed by atoms with E-state index < -0.39 is 0 Å². The van der Waals surface area contributed by atoms with Crippen LogP contribution in [-0.2, 0) is 4.74 Å². The van der Waals surface area contributed by atoms with Crippen LogP contribution in [0, 0.1) is 0 Å². The first-order valence-electron chi connectivity index (χ1n) is 9.74. The molecule has 6 heteroatoms. The van der Waals surface area contributed by atoms with Crippen molar-refractivity contribution in [3.63, 3.8) is 0 Å². The van der Waals surface area contributed by atoms with Crippen LogP contribution in [0.5, 0.6) is 0 Å². The molecule has 2 aliphatic heterocycles. The van der Waals surface area contributed by atoms with E-state index in [4.69, 9.17) is 4.74 Å². The van der Waals surface area contributed by atoms with Crippen molar-refractivity contribution in [3.05, 3.63) is 48.3 Å². The van der Waals surface area contributed by atoms with Gasteiger partial charge in [-0.1, -0.05) is 12.1 Å². The van der Waals surface area contributed by atoms with Crippen molar-refractivity contribution in [2.45, 2.75) is 19.3 Å². The number of anilines is 3. The molecule has 1 amide bonds. The molecule has 0 unspecified atom stereocenters. The molecule has 2 aromatic rings. The maximum atomic E-state index is 12.8. The molecule has 2 aliphatic rings. The minimum Gasteiger partial charge on any atom is -0.378 e. The van der Waals surface area contributed by atoms with Crippen LogP contribution in [0.1, 0.15) is 29.6 Å². The highest BCUT2D eigenvalue weighted by Crippen LogP contribution is 2.29. The number of hydrogen-bond donors (Lipinski definition) is 1. The first-order chi connectivity index (χ1) is 13.3. The Morgan fingerprint density at radius 1 is 1.00 bits per heavy atom. The standard InChI is InChI=1S/C21H26N4O2/c26-21(25-8-4-1-5-9-25)17-14-18(16-22-15-17)23-19-6-2-3-7-20(19)24-10-12-27-13-11-24/h2-3,6-7,14-16,23H,1,4-5,8-13H2. The van der Waals surface area contributed by atoms with Crippen LogP contribution in [0.25, 0.3) is 0 Å². The van der Waals surface area contributed by atoms with E-state index in [1.807, 2.05) is 23.1 Å². The van der Waals surface area contributed by atoms with E-state index in [-0.39, 0.29) is 5.91 Å². The zero-order valence-corrected chi connectivity index (χ0v) is 15.6. The van der Waals surface area contributed by atoms with Crippen LogP contribution in [0.3, 0.4) is 0 Å². The summed E-state index contributed by atoms with van der Waals surface area (Å²) in [5.74, 6) is 0.0762. The van der Waals surface area contributed by atoms with Crippen LogP contribution in [-0.4, -0.2) is 55.2 Å². The highest BCUT2D eigenvalue weighted by molar-refractivity contribution is 5.95. The van der Waals surface area contributed by atoms with E-state index in [0.717, 1.165) is 69.3 Å². The number of para-hydroxylation sites is 2. The maximum Gasteiger partial charge on any atom is 0.255 e. The van der Waals surface area contributed by atoms with Crippen molar-refractivity contribution < 1.29 is 9.53 Å². The van der Waals surface area contributed by atoms with E-state index in [9.17, 15) is 4.79 Å². The van der Waals surface area contributed by atoms with Crippen molar-refractivity contribution in [2.24, 2.45) is 0 Å². The summed E-state index contributed by atoms with van der Waals surface area (Å²) in [4.78, 5) is 21.3. The number of aromatic nitrogens is 1. The molecule has 0 saturated carbocycles. The van der Waals surface area contributed by atoms with Gasteiger partial charge < -0.3 is 19.9 Å². The van der Waals surface area contributed by atoms with Gasteiger partial charge in [-0.3, -0.25) is 9.78 Å². The molecule has 0 bridgehead atoms. The maximum absolute atomic E-state index is 12.8. The van der Waals surface area contributed by atoms with Gasteiger partial charge in [0.15, 0.2) is 0 Å². The summed E-state index contributed by atoms with van der Waals surface area (Å²) in [6.45, 7) is 4.94. The number of nitrogens with one attached hydrogen (secondary N) is 1. The van der Waals surface area contributed by atoms with Crippen molar-refractivity contribution in [2.75, 3.05) is 49.6 Å². The van der Waals surface area contributed by atoms with Gasteiger partial charge in [0.2, 0.25) is 0 Å². The van der Waals surface area contributed by atoms with E-state index in [1.165, 1.54) is 6.42 Å². The molecular weight excluding hydrogens is 340 g/mol. The van der Waals surface area contributed by atoms with Gasteiger partial charge in [-0.25, -0.2) is 0 Å². The van der Waals surface area contributed by atoms with Crippen molar-refractivity contribution in [3.8, 4) is 0 Å². The Bertz CT molecular complexity index is 783. The molecule has 0 radical (unpaired) electrons. The van der Waals surface area contributed by atoms with Gasteiger partial charge in [-0.2, -0.15) is 0 Å². The van der Waals surface area contributed by atoms with Gasteiger partial charge in [0.25, 0.3) is 5.91 Å². The molecule has 2 fully saturated rings. The van der Waals surface area contributed by atoms with Crippen molar-refractivity contribution in [1.82, 2.24) is 9.88 Å². The summed E-state index contributed by atoms with van der Waals surface area (Å²) in [5, 5.41) is 3.45. The van der Waals surface area contributed by atoms with E-state index in [0.29, 0.717) is 5.56 Å². The quantitative estimate of drug-likeness (QED) is 0.900. The molecule has 1 N–H and O–H groups in total. The largest absolute Gasteiger partial charge is 0.378 e. The van der Waals surface area contributed by atoms with Crippen LogP contribution < -0.4 is 10.2 Å². The van der Waals surface area contributed by atoms with E-state index in [1.54, 1.807) is 12.4 Å². The molecule has 6 nitrogen and oxygen atoms in total. The van der Waals surface area contributed by atoms with Gasteiger partial charge in [0.05, 0.1) is 42.0 Å². The molecule has 0 aliphatic carbocycles. The fourth-order valence-corrected chi connectivity index (χ4v) is 3.72. The number of piperidine rings is 1. The summed E-state index contributed by atoms with van der Waals surface area (Å²) < 4.78 is 5.46. The molecule has 3 heterocycles. The number of carbonyl (C=O) groups is 1. The zero-order valence-electron chi connectivity index (χ0n) is 15.6. The first kappa shape index (κ1) is 17.8. The van der Waals surface area contributed by atoms with Gasteiger partial charge in [0, 0.05) is 32.4 Å². The average molecular weight is 366 g/mol. The van der Waals surface area contributed by atoms with Crippen molar-refractivity contribution in [1.29, 1.82) is 0 Å². The Labute approximate surface area is 160 Å². The number of ether oxygens (including phenoxy) is 1. The number of morpholine rings is 1. The number of benzene rings is 1. The Kier molecular flexibility index (Phi) is 5.53. The molecule has 1 aromatic carbocycles. The predicted octanol–water partition coefficient (Wildman–Crippen LogP) is 3.29. The number of likely N-dealkylation sites (tertiary alicyclic amines) is 1. The highest BCUT2D eigenvalue weighted by Gasteiger charge is 2.19. The molecule has 4 rings (SSSR count). The van der Waals surface area contributed by atoms with E-state index >= 15 is 0 Å². The van der Waals surface area contributed by atoms with Gasteiger partial charge >= 0.3 is 0 Å². The topological polar surface area (TPSA) is 57.7 Å². The molecular formula is C21H26N4O2. The first-order valence-corrected chi connectivity index (χ1v) is 9.74. The molecule has 0 atom stereocenters. The summed E-state index contributed by atoms with van der Waals surface area (Å²) in [5.41, 5.74) is 3.64. The predicted molar refractivity (Wildman–Crippen MR) is 107 cm³/mol. The lowest BCUT2D eigenvalue weighted by Gasteiger charge is -2.30. The minimum atomic E-state index is 0.0762. The molecule has 1 aromatic heterocycles. The second-order valence-corrected chi connectivity index (χ2v) is 7.06.